The first kappa shape index (κ1) is 15.2. The van der Waals surface area contributed by atoms with Crippen molar-refractivity contribution in [3.05, 3.63) is 18.1 Å². The van der Waals surface area contributed by atoms with Gasteiger partial charge in [0.1, 0.15) is 5.82 Å². The molecule has 1 aliphatic heterocycles. The fourth-order valence-corrected chi connectivity index (χ4v) is 2.32. The molecule has 0 spiro atoms. The first-order valence-corrected chi connectivity index (χ1v) is 6.97. The molecule has 1 aliphatic rings. The van der Waals surface area contributed by atoms with E-state index in [4.69, 9.17) is 4.74 Å². The summed E-state index contributed by atoms with van der Waals surface area (Å²) in [5, 5.41) is 0. The molecule has 0 atom stereocenters. The second-order valence-electron chi connectivity index (χ2n) is 4.77. The van der Waals surface area contributed by atoms with Crippen LogP contribution in [0.15, 0.2) is 12.4 Å². The SMILES string of the molecule is CCOC(=O)C1CCN(c2cncc(C(=O)OC)n2)CC1. The van der Waals surface area contributed by atoms with Gasteiger partial charge in [0.05, 0.1) is 32.0 Å². The molecule has 0 saturated carbocycles. The van der Waals surface area contributed by atoms with Gasteiger partial charge in [-0.2, -0.15) is 0 Å². The summed E-state index contributed by atoms with van der Waals surface area (Å²) in [7, 11) is 1.31. The van der Waals surface area contributed by atoms with Gasteiger partial charge in [-0.25, -0.2) is 9.78 Å². The summed E-state index contributed by atoms with van der Waals surface area (Å²) in [4.78, 5) is 33.4. The number of rotatable bonds is 4. The second-order valence-corrected chi connectivity index (χ2v) is 4.77. The van der Waals surface area contributed by atoms with Gasteiger partial charge < -0.3 is 14.4 Å². The van der Waals surface area contributed by atoms with Crippen LogP contribution in [-0.2, 0) is 14.3 Å². The highest BCUT2D eigenvalue weighted by atomic mass is 16.5. The lowest BCUT2D eigenvalue weighted by Crippen LogP contribution is -2.37. The summed E-state index contributed by atoms with van der Waals surface area (Å²) in [6.45, 7) is 3.58. The zero-order valence-electron chi connectivity index (χ0n) is 12.2. The first-order chi connectivity index (χ1) is 10.2. The Bertz CT molecular complexity index is 513. The second kappa shape index (κ2) is 7.01. The molecule has 1 fully saturated rings. The Labute approximate surface area is 123 Å². The standard InChI is InChI=1S/C14H19N3O4/c1-3-21-13(18)10-4-6-17(7-5-10)12-9-15-8-11(16-12)14(19)20-2/h8-10H,3-7H2,1-2H3. The van der Waals surface area contributed by atoms with Gasteiger partial charge in [-0.1, -0.05) is 0 Å². The van der Waals surface area contributed by atoms with Crippen LogP contribution >= 0.6 is 0 Å². The fraction of sp³-hybridized carbons (Fsp3) is 0.571. The van der Waals surface area contributed by atoms with E-state index >= 15 is 0 Å². The van der Waals surface area contributed by atoms with E-state index < -0.39 is 5.97 Å². The van der Waals surface area contributed by atoms with Crippen LogP contribution in [0.2, 0.25) is 0 Å². The quantitative estimate of drug-likeness (QED) is 0.767. The molecule has 0 N–H and O–H groups in total. The number of piperidine rings is 1. The topological polar surface area (TPSA) is 81.6 Å². The minimum atomic E-state index is -0.509. The minimum Gasteiger partial charge on any atom is -0.466 e. The lowest BCUT2D eigenvalue weighted by atomic mass is 9.97. The predicted molar refractivity (Wildman–Crippen MR) is 74.9 cm³/mol. The van der Waals surface area contributed by atoms with Gasteiger partial charge in [-0.3, -0.25) is 9.78 Å². The van der Waals surface area contributed by atoms with Crippen molar-refractivity contribution in [2.45, 2.75) is 19.8 Å². The smallest absolute Gasteiger partial charge is 0.358 e. The molecule has 1 aromatic heterocycles. The van der Waals surface area contributed by atoms with Crippen LogP contribution in [0, 0.1) is 5.92 Å². The van der Waals surface area contributed by atoms with Gasteiger partial charge in [0.2, 0.25) is 0 Å². The zero-order chi connectivity index (χ0) is 15.2. The number of anilines is 1. The van der Waals surface area contributed by atoms with E-state index in [9.17, 15) is 9.59 Å². The Morgan fingerprint density at radius 1 is 1.33 bits per heavy atom. The highest BCUT2D eigenvalue weighted by molar-refractivity contribution is 5.87. The highest BCUT2D eigenvalue weighted by Gasteiger charge is 2.27. The number of carbonyl (C=O) groups is 2. The van der Waals surface area contributed by atoms with Crippen LogP contribution in [0.5, 0.6) is 0 Å². The van der Waals surface area contributed by atoms with E-state index in [0.29, 0.717) is 38.4 Å². The summed E-state index contributed by atoms with van der Waals surface area (Å²) in [6.07, 6.45) is 4.41. The predicted octanol–water partition coefficient (Wildman–Crippen LogP) is 1.04. The maximum Gasteiger partial charge on any atom is 0.358 e. The molecule has 2 heterocycles. The third-order valence-corrected chi connectivity index (χ3v) is 3.46. The first-order valence-electron chi connectivity index (χ1n) is 6.97. The van der Waals surface area contributed by atoms with Crippen LogP contribution in [0.3, 0.4) is 0 Å². The van der Waals surface area contributed by atoms with Crippen LogP contribution in [0.1, 0.15) is 30.3 Å². The van der Waals surface area contributed by atoms with Crippen LogP contribution in [0.4, 0.5) is 5.82 Å². The third-order valence-electron chi connectivity index (χ3n) is 3.46. The Hall–Kier alpha value is -2.18. The third kappa shape index (κ3) is 3.68. The van der Waals surface area contributed by atoms with Gasteiger partial charge >= 0.3 is 11.9 Å². The minimum absolute atomic E-state index is 0.0575. The molecule has 7 nitrogen and oxygen atoms in total. The Morgan fingerprint density at radius 2 is 2.05 bits per heavy atom. The Morgan fingerprint density at radius 3 is 2.67 bits per heavy atom. The number of hydrogen-bond acceptors (Lipinski definition) is 7. The normalized spacial score (nSPS) is 15.6. The largest absolute Gasteiger partial charge is 0.466 e. The van der Waals surface area contributed by atoms with E-state index in [-0.39, 0.29) is 17.6 Å². The van der Waals surface area contributed by atoms with Crippen molar-refractivity contribution in [2.24, 2.45) is 5.92 Å². The van der Waals surface area contributed by atoms with Crippen LogP contribution < -0.4 is 4.90 Å². The Kier molecular flexibility index (Phi) is 5.08. The average molecular weight is 293 g/mol. The fourth-order valence-electron chi connectivity index (χ4n) is 2.32. The molecule has 21 heavy (non-hydrogen) atoms. The maximum atomic E-state index is 11.7. The van der Waals surface area contributed by atoms with Crippen molar-refractivity contribution in [1.29, 1.82) is 0 Å². The number of carbonyl (C=O) groups excluding carboxylic acids is 2. The summed E-state index contributed by atoms with van der Waals surface area (Å²) >= 11 is 0. The maximum absolute atomic E-state index is 11.7. The van der Waals surface area contributed by atoms with Crippen molar-refractivity contribution in [3.8, 4) is 0 Å². The van der Waals surface area contributed by atoms with E-state index in [2.05, 4.69) is 14.7 Å². The van der Waals surface area contributed by atoms with Gasteiger partial charge in [-0.05, 0) is 19.8 Å². The van der Waals surface area contributed by atoms with E-state index in [1.165, 1.54) is 13.3 Å². The lowest BCUT2D eigenvalue weighted by molar-refractivity contribution is -0.148. The van der Waals surface area contributed by atoms with Gasteiger partial charge in [0.25, 0.3) is 0 Å². The molecule has 1 aromatic rings. The molecule has 114 valence electrons. The summed E-state index contributed by atoms with van der Waals surface area (Å²) in [5.41, 5.74) is 0.183. The van der Waals surface area contributed by atoms with Crippen molar-refractivity contribution in [3.63, 3.8) is 0 Å². The molecule has 1 saturated heterocycles. The van der Waals surface area contributed by atoms with Crippen LogP contribution in [-0.4, -0.2) is 48.7 Å². The summed E-state index contributed by atoms with van der Waals surface area (Å²) < 4.78 is 9.67. The van der Waals surface area contributed by atoms with E-state index in [1.54, 1.807) is 13.1 Å². The van der Waals surface area contributed by atoms with Crippen molar-refractivity contribution in [2.75, 3.05) is 31.7 Å². The molecule has 0 amide bonds. The van der Waals surface area contributed by atoms with Crippen molar-refractivity contribution >= 4 is 17.8 Å². The average Bonchev–Trinajstić information content (AvgIpc) is 2.54. The monoisotopic (exact) mass is 293 g/mol. The summed E-state index contributed by atoms with van der Waals surface area (Å²) in [5.74, 6) is -0.0736. The molecule has 7 heteroatoms. The number of methoxy groups -OCH3 is 1. The molecule has 0 aromatic carbocycles. The van der Waals surface area contributed by atoms with E-state index in [1.807, 2.05) is 4.90 Å². The van der Waals surface area contributed by atoms with Crippen molar-refractivity contribution in [1.82, 2.24) is 9.97 Å². The van der Waals surface area contributed by atoms with Crippen LogP contribution in [0.25, 0.3) is 0 Å². The lowest BCUT2D eigenvalue weighted by Gasteiger charge is -2.31. The molecular weight excluding hydrogens is 274 g/mol. The summed E-state index contributed by atoms with van der Waals surface area (Å²) in [6, 6.07) is 0. The number of nitrogens with zero attached hydrogens (tertiary/aromatic N) is 3. The number of esters is 2. The van der Waals surface area contributed by atoms with E-state index in [0.717, 1.165) is 0 Å². The molecule has 0 bridgehead atoms. The number of hydrogen-bond donors (Lipinski definition) is 0. The molecule has 0 unspecified atom stereocenters. The van der Waals surface area contributed by atoms with Gasteiger partial charge in [0, 0.05) is 13.1 Å². The molecule has 2 rings (SSSR count). The van der Waals surface area contributed by atoms with Crippen molar-refractivity contribution < 1.29 is 19.1 Å². The number of ether oxygens (including phenoxy) is 2. The molecule has 0 aliphatic carbocycles. The molecular formula is C14H19N3O4. The highest BCUT2D eigenvalue weighted by Crippen LogP contribution is 2.22. The Balaban J connectivity index is 1.99. The molecule has 0 radical (unpaired) electrons. The van der Waals surface area contributed by atoms with Gasteiger partial charge in [-0.15, -0.1) is 0 Å². The zero-order valence-corrected chi connectivity index (χ0v) is 12.2. The number of aromatic nitrogens is 2. The van der Waals surface area contributed by atoms with Gasteiger partial charge in [0.15, 0.2) is 5.69 Å².